The molecule has 0 saturated heterocycles. The van der Waals surface area contributed by atoms with Gasteiger partial charge in [0.05, 0.1) is 11.8 Å². The minimum atomic E-state index is -0.148. The number of hydrogen-bond acceptors (Lipinski definition) is 3. The summed E-state index contributed by atoms with van der Waals surface area (Å²) >= 11 is 0. The number of hydrogen-bond donors (Lipinski definition) is 2. The molecule has 0 radical (unpaired) electrons. The van der Waals surface area contributed by atoms with E-state index in [4.69, 9.17) is 4.42 Å². The largest absolute Gasteiger partial charge is 0.469 e. The van der Waals surface area contributed by atoms with Crippen LogP contribution in [0.3, 0.4) is 0 Å². The van der Waals surface area contributed by atoms with Gasteiger partial charge in [-0.25, -0.2) is 0 Å². The number of anilines is 1. The van der Waals surface area contributed by atoms with Crippen molar-refractivity contribution in [3.05, 3.63) is 53.5 Å². The molecule has 0 fully saturated rings. The molecule has 2 aromatic rings. The van der Waals surface area contributed by atoms with Crippen molar-refractivity contribution in [2.45, 2.75) is 13.5 Å². The first-order valence-corrected chi connectivity index (χ1v) is 5.80. The number of para-hydroxylation sites is 1. The molecular formula is C14H16N2O2. The lowest BCUT2D eigenvalue weighted by Crippen LogP contribution is -2.15. The second-order valence-corrected chi connectivity index (χ2v) is 4.03. The van der Waals surface area contributed by atoms with Crippen molar-refractivity contribution < 1.29 is 9.21 Å². The van der Waals surface area contributed by atoms with E-state index in [-0.39, 0.29) is 5.91 Å². The summed E-state index contributed by atoms with van der Waals surface area (Å²) in [6, 6.07) is 9.39. The molecule has 1 heterocycles. The summed E-state index contributed by atoms with van der Waals surface area (Å²) in [5, 5.41) is 5.97. The van der Waals surface area contributed by atoms with Crippen molar-refractivity contribution >= 4 is 11.6 Å². The predicted molar refractivity (Wildman–Crippen MR) is 70.6 cm³/mol. The number of furan rings is 1. The van der Waals surface area contributed by atoms with Gasteiger partial charge in [0.25, 0.3) is 5.91 Å². The lowest BCUT2D eigenvalue weighted by atomic mass is 10.1. The topological polar surface area (TPSA) is 54.3 Å². The van der Waals surface area contributed by atoms with E-state index in [0.717, 1.165) is 11.3 Å². The molecule has 18 heavy (non-hydrogen) atoms. The fourth-order valence-electron chi connectivity index (χ4n) is 1.80. The van der Waals surface area contributed by atoms with Gasteiger partial charge in [-0.15, -0.1) is 0 Å². The predicted octanol–water partition coefficient (Wildman–Crippen LogP) is 2.56. The van der Waals surface area contributed by atoms with Crippen molar-refractivity contribution in [3.8, 4) is 0 Å². The lowest BCUT2D eigenvalue weighted by Gasteiger charge is -2.10. The number of nitrogens with one attached hydrogen (secondary N) is 2. The van der Waals surface area contributed by atoms with Gasteiger partial charge < -0.3 is 15.1 Å². The quantitative estimate of drug-likeness (QED) is 0.869. The van der Waals surface area contributed by atoms with E-state index in [1.165, 1.54) is 6.26 Å². The van der Waals surface area contributed by atoms with Crippen LogP contribution in [0.15, 0.2) is 41.0 Å². The molecule has 0 saturated carbocycles. The molecule has 0 aliphatic rings. The van der Waals surface area contributed by atoms with Gasteiger partial charge in [0.15, 0.2) is 0 Å². The van der Waals surface area contributed by atoms with E-state index in [0.29, 0.717) is 17.9 Å². The monoisotopic (exact) mass is 244 g/mol. The zero-order valence-electron chi connectivity index (χ0n) is 10.5. The molecule has 1 aromatic carbocycles. The van der Waals surface area contributed by atoms with Crippen LogP contribution in [-0.2, 0) is 6.54 Å². The zero-order chi connectivity index (χ0) is 13.0. The second kappa shape index (κ2) is 5.51. The molecule has 94 valence electrons. The smallest absolute Gasteiger partial charge is 0.259 e. The fraction of sp³-hybridized carbons (Fsp3) is 0.214. The summed E-state index contributed by atoms with van der Waals surface area (Å²) in [6.07, 6.45) is 1.52. The molecule has 0 aliphatic heterocycles. The highest BCUT2D eigenvalue weighted by Crippen LogP contribution is 2.17. The van der Waals surface area contributed by atoms with Crippen molar-refractivity contribution in [1.29, 1.82) is 0 Å². The number of aryl methyl sites for hydroxylation is 1. The molecule has 4 heteroatoms. The molecular weight excluding hydrogens is 228 g/mol. The Morgan fingerprint density at radius 1 is 1.28 bits per heavy atom. The summed E-state index contributed by atoms with van der Waals surface area (Å²) in [7, 11) is 1.87. The van der Waals surface area contributed by atoms with Gasteiger partial charge >= 0.3 is 0 Å². The van der Waals surface area contributed by atoms with Crippen molar-refractivity contribution in [1.82, 2.24) is 5.32 Å². The Morgan fingerprint density at radius 2 is 2.06 bits per heavy atom. The molecule has 1 aromatic heterocycles. The number of carbonyl (C=O) groups is 1. The highest BCUT2D eigenvalue weighted by molar-refractivity contribution is 6.05. The Hall–Kier alpha value is -2.07. The van der Waals surface area contributed by atoms with Crippen LogP contribution < -0.4 is 10.6 Å². The summed E-state index contributed by atoms with van der Waals surface area (Å²) in [6.45, 7) is 2.48. The average Bonchev–Trinajstić information content (AvgIpc) is 2.78. The maximum atomic E-state index is 12.1. The first kappa shape index (κ1) is 12.4. The molecule has 2 N–H and O–H groups in total. The van der Waals surface area contributed by atoms with E-state index in [1.807, 2.05) is 31.3 Å². The van der Waals surface area contributed by atoms with Crippen LogP contribution in [0.5, 0.6) is 0 Å². The van der Waals surface area contributed by atoms with Gasteiger partial charge in [-0.3, -0.25) is 4.79 Å². The fourth-order valence-corrected chi connectivity index (χ4v) is 1.80. The second-order valence-electron chi connectivity index (χ2n) is 4.03. The molecule has 0 aliphatic carbocycles. The van der Waals surface area contributed by atoms with Crippen LogP contribution in [0, 0.1) is 6.92 Å². The molecule has 0 atom stereocenters. The third-order valence-corrected chi connectivity index (χ3v) is 2.74. The van der Waals surface area contributed by atoms with Crippen LogP contribution in [0.1, 0.15) is 21.7 Å². The van der Waals surface area contributed by atoms with Gasteiger partial charge in [-0.2, -0.15) is 0 Å². The maximum Gasteiger partial charge on any atom is 0.259 e. The Labute approximate surface area is 106 Å². The van der Waals surface area contributed by atoms with E-state index in [2.05, 4.69) is 10.6 Å². The summed E-state index contributed by atoms with van der Waals surface area (Å²) < 4.78 is 5.13. The zero-order valence-corrected chi connectivity index (χ0v) is 10.5. The van der Waals surface area contributed by atoms with Crippen molar-refractivity contribution in [2.24, 2.45) is 0 Å². The van der Waals surface area contributed by atoms with E-state index in [1.54, 1.807) is 13.0 Å². The lowest BCUT2D eigenvalue weighted by molar-refractivity contribution is 0.102. The molecule has 1 amide bonds. The molecule has 4 nitrogen and oxygen atoms in total. The number of amides is 1. The standard InChI is InChI=1S/C14H16N2O2/c1-10-12(7-8-18-10)14(17)16-13-6-4-3-5-11(13)9-15-2/h3-8,15H,9H2,1-2H3,(H,16,17). The third kappa shape index (κ3) is 2.60. The van der Waals surface area contributed by atoms with E-state index in [9.17, 15) is 4.79 Å². The number of rotatable bonds is 4. The van der Waals surface area contributed by atoms with Crippen LogP contribution in [0.4, 0.5) is 5.69 Å². The first-order chi connectivity index (χ1) is 8.72. The van der Waals surface area contributed by atoms with Crippen LogP contribution in [0.2, 0.25) is 0 Å². The average molecular weight is 244 g/mol. The summed E-state index contributed by atoms with van der Waals surface area (Å²) in [5.41, 5.74) is 2.43. The highest BCUT2D eigenvalue weighted by atomic mass is 16.3. The highest BCUT2D eigenvalue weighted by Gasteiger charge is 2.12. The van der Waals surface area contributed by atoms with Gasteiger partial charge in [0.2, 0.25) is 0 Å². The van der Waals surface area contributed by atoms with Gasteiger partial charge in [-0.1, -0.05) is 18.2 Å². The SMILES string of the molecule is CNCc1ccccc1NC(=O)c1ccoc1C. The van der Waals surface area contributed by atoms with Crippen LogP contribution in [0.25, 0.3) is 0 Å². The van der Waals surface area contributed by atoms with Crippen LogP contribution >= 0.6 is 0 Å². The number of carbonyl (C=O) groups excluding carboxylic acids is 1. The Morgan fingerprint density at radius 3 is 2.72 bits per heavy atom. The van der Waals surface area contributed by atoms with Crippen LogP contribution in [-0.4, -0.2) is 13.0 Å². The molecule has 0 spiro atoms. The Bertz CT molecular complexity index is 546. The van der Waals surface area contributed by atoms with Gasteiger partial charge in [-0.05, 0) is 31.7 Å². The number of benzene rings is 1. The van der Waals surface area contributed by atoms with Gasteiger partial charge in [0, 0.05) is 12.2 Å². The van der Waals surface area contributed by atoms with E-state index < -0.39 is 0 Å². The molecule has 0 bridgehead atoms. The maximum absolute atomic E-state index is 12.1. The summed E-state index contributed by atoms with van der Waals surface area (Å²) in [5.74, 6) is 0.475. The third-order valence-electron chi connectivity index (χ3n) is 2.74. The van der Waals surface area contributed by atoms with Crippen molar-refractivity contribution in [3.63, 3.8) is 0 Å². The minimum Gasteiger partial charge on any atom is -0.469 e. The normalized spacial score (nSPS) is 10.3. The van der Waals surface area contributed by atoms with Crippen molar-refractivity contribution in [2.75, 3.05) is 12.4 Å². The minimum absolute atomic E-state index is 0.148. The Kier molecular flexibility index (Phi) is 3.79. The van der Waals surface area contributed by atoms with E-state index >= 15 is 0 Å². The first-order valence-electron chi connectivity index (χ1n) is 5.80. The molecule has 0 unspecified atom stereocenters. The Balaban J connectivity index is 2.19. The summed E-state index contributed by atoms with van der Waals surface area (Å²) in [4.78, 5) is 12.1. The molecule has 2 rings (SSSR count). The van der Waals surface area contributed by atoms with Gasteiger partial charge in [0.1, 0.15) is 5.76 Å².